The van der Waals surface area contributed by atoms with Gasteiger partial charge in [-0.2, -0.15) is 5.10 Å². The molecule has 0 spiro atoms. The average molecular weight is 309 g/mol. The number of aryl methyl sites for hydroxylation is 3. The van der Waals surface area contributed by atoms with Gasteiger partial charge in [0.1, 0.15) is 5.78 Å². The van der Waals surface area contributed by atoms with E-state index >= 15 is 0 Å². The topological polar surface area (TPSA) is 34.9 Å². The molecule has 0 bridgehead atoms. The number of thiophene rings is 1. The summed E-state index contributed by atoms with van der Waals surface area (Å²) in [5.74, 6) is 0.297. The zero-order chi connectivity index (χ0) is 14.3. The third-order valence-electron chi connectivity index (χ3n) is 4.04. The van der Waals surface area contributed by atoms with E-state index in [0.717, 1.165) is 30.7 Å². The lowest BCUT2D eigenvalue weighted by molar-refractivity contribution is -0.120. The molecular weight excluding hydrogens is 292 g/mol. The first-order valence-corrected chi connectivity index (χ1v) is 8.10. The van der Waals surface area contributed by atoms with E-state index in [1.807, 2.05) is 14.0 Å². The van der Waals surface area contributed by atoms with Gasteiger partial charge in [0.15, 0.2) is 0 Å². The Morgan fingerprint density at radius 1 is 1.60 bits per heavy atom. The molecule has 0 radical (unpaired) electrons. The largest absolute Gasteiger partial charge is 0.299 e. The maximum Gasteiger partial charge on any atom is 0.146 e. The van der Waals surface area contributed by atoms with Crippen LogP contribution < -0.4 is 0 Å². The number of fused-ring (bicyclic) bond motifs is 1. The fourth-order valence-electron chi connectivity index (χ4n) is 2.98. The number of rotatable bonds is 3. The predicted molar refractivity (Wildman–Crippen MR) is 81.7 cm³/mol. The third kappa shape index (κ3) is 2.31. The van der Waals surface area contributed by atoms with Crippen LogP contribution in [0.1, 0.15) is 40.6 Å². The molecule has 0 aromatic carbocycles. The molecule has 20 heavy (non-hydrogen) atoms. The summed E-state index contributed by atoms with van der Waals surface area (Å²) in [5, 5.41) is 7.00. The SMILES string of the molecule is Cc1nn(C)c(CC(=O)C2CCCc3sccc32)c1Cl. The molecule has 0 amide bonds. The van der Waals surface area contributed by atoms with Crippen LogP contribution in [-0.4, -0.2) is 15.6 Å². The van der Waals surface area contributed by atoms with Crippen molar-refractivity contribution in [3.8, 4) is 0 Å². The molecule has 0 aliphatic heterocycles. The zero-order valence-corrected chi connectivity index (χ0v) is 13.2. The second-order valence-electron chi connectivity index (χ2n) is 5.36. The predicted octanol–water partition coefficient (Wildman–Crippen LogP) is 3.68. The highest BCUT2D eigenvalue weighted by molar-refractivity contribution is 7.10. The van der Waals surface area contributed by atoms with Crippen LogP contribution in [0.15, 0.2) is 11.4 Å². The van der Waals surface area contributed by atoms with Crippen molar-refractivity contribution in [1.82, 2.24) is 9.78 Å². The van der Waals surface area contributed by atoms with E-state index in [0.29, 0.717) is 11.4 Å². The molecule has 3 nitrogen and oxygen atoms in total. The van der Waals surface area contributed by atoms with Gasteiger partial charge in [-0.25, -0.2) is 0 Å². The summed E-state index contributed by atoms with van der Waals surface area (Å²) in [4.78, 5) is 14.0. The normalized spacial score (nSPS) is 18.1. The number of nitrogens with zero attached hydrogens (tertiary/aromatic N) is 2. The molecule has 1 unspecified atom stereocenters. The quantitative estimate of drug-likeness (QED) is 0.867. The molecule has 2 aromatic heterocycles. The molecule has 1 atom stereocenters. The highest BCUT2D eigenvalue weighted by Gasteiger charge is 2.28. The van der Waals surface area contributed by atoms with E-state index < -0.39 is 0 Å². The van der Waals surface area contributed by atoms with Crippen LogP contribution >= 0.6 is 22.9 Å². The van der Waals surface area contributed by atoms with Gasteiger partial charge in [0.2, 0.25) is 0 Å². The molecule has 3 rings (SSSR count). The Bertz CT molecular complexity index is 659. The van der Waals surface area contributed by atoms with Gasteiger partial charge in [-0.3, -0.25) is 9.48 Å². The maximum absolute atomic E-state index is 12.6. The van der Waals surface area contributed by atoms with E-state index in [1.54, 1.807) is 16.0 Å². The Morgan fingerprint density at radius 2 is 2.40 bits per heavy atom. The summed E-state index contributed by atoms with van der Waals surface area (Å²) < 4.78 is 1.73. The lowest BCUT2D eigenvalue weighted by Crippen LogP contribution is -2.20. The van der Waals surface area contributed by atoms with Crippen LogP contribution in [-0.2, 0) is 24.7 Å². The number of aromatic nitrogens is 2. The summed E-state index contributed by atoms with van der Waals surface area (Å²) in [6, 6.07) is 2.11. The van der Waals surface area contributed by atoms with Gasteiger partial charge in [-0.1, -0.05) is 11.6 Å². The van der Waals surface area contributed by atoms with Gasteiger partial charge in [0.25, 0.3) is 0 Å². The minimum absolute atomic E-state index is 0.0382. The van der Waals surface area contributed by atoms with Crippen LogP contribution in [0.5, 0.6) is 0 Å². The Balaban J connectivity index is 1.85. The van der Waals surface area contributed by atoms with E-state index in [4.69, 9.17) is 11.6 Å². The van der Waals surface area contributed by atoms with Crippen molar-refractivity contribution in [3.63, 3.8) is 0 Å². The second kappa shape index (κ2) is 5.34. The van der Waals surface area contributed by atoms with E-state index in [2.05, 4.69) is 16.5 Å². The minimum Gasteiger partial charge on any atom is -0.299 e. The summed E-state index contributed by atoms with van der Waals surface area (Å²) in [5.41, 5.74) is 2.86. The van der Waals surface area contributed by atoms with Gasteiger partial charge >= 0.3 is 0 Å². The fourth-order valence-corrected chi connectivity index (χ4v) is 4.20. The fraction of sp³-hybridized carbons (Fsp3) is 0.467. The minimum atomic E-state index is 0.0382. The van der Waals surface area contributed by atoms with E-state index in [9.17, 15) is 4.79 Å². The number of ketones is 1. The Morgan fingerprint density at radius 3 is 3.10 bits per heavy atom. The van der Waals surface area contributed by atoms with Crippen molar-refractivity contribution < 1.29 is 4.79 Å². The standard InChI is InChI=1S/C15H17ClN2OS/c1-9-15(16)12(18(2)17-9)8-13(19)10-4-3-5-14-11(10)6-7-20-14/h6-7,10H,3-5,8H2,1-2H3. The molecule has 2 heterocycles. The lowest BCUT2D eigenvalue weighted by atomic mass is 9.83. The van der Waals surface area contributed by atoms with Crippen molar-refractivity contribution in [2.45, 2.75) is 38.5 Å². The number of carbonyl (C=O) groups excluding carboxylic acids is 1. The molecule has 1 aliphatic carbocycles. The van der Waals surface area contributed by atoms with Crippen LogP contribution in [0, 0.1) is 6.92 Å². The first-order valence-electron chi connectivity index (χ1n) is 6.85. The van der Waals surface area contributed by atoms with Crippen LogP contribution in [0.2, 0.25) is 5.02 Å². The second-order valence-corrected chi connectivity index (χ2v) is 6.74. The third-order valence-corrected chi connectivity index (χ3v) is 5.53. The highest BCUT2D eigenvalue weighted by atomic mass is 35.5. The molecular formula is C15H17ClN2OS. The molecule has 0 saturated heterocycles. The van der Waals surface area contributed by atoms with E-state index in [1.165, 1.54) is 10.4 Å². The zero-order valence-electron chi connectivity index (χ0n) is 11.6. The number of hydrogen-bond donors (Lipinski definition) is 0. The smallest absolute Gasteiger partial charge is 0.146 e. The summed E-state index contributed by atoms with van der Waals surface area (Å²) in [6.07, 6.45) is 3.54. The average Bonchev–Trinajstić information content (AvgIpc) is 2.99. The first-order chi connectivity index (χ1) is 9.58. The molecule has 0 saturated carbocycles. The molecule has 0 fully saturated rings. The summed E-state index contributed by atoms with van der Waals surface area (Å²) in [6.45, 7) is 1.87. The number of halogens is 1. The molecule has 2 aromatic rings. The maximum atomic E-state index is 12.6. The molecule has 106 valence electrons. The van der Waals surface area contributed by atoms with Crippen LogP contribution in [0.25, 0.3) is 0 Å². The molecule has 5 heteroatoms. The Hall–Kier alpha value is -1.13. The van der Waals surface area contributed by atoms with Crippen molar-refractivity contribution in [2.24, 2.45) is 7.05 Å². The van der Waals surface area contributed by atoms with Crippen LogP contribution in [0.4, 0.5) is 0 Å². The van der Waals surface area contributed by atoms with Crippen molar-refractivity contribution in [1.29, 1.82) is 0 Å². The monoisotopic (exact) mass is 308 g/mol. The highest BCUT2D eigenvalue weighted by Crippen LogP contribution is 2.36. The van der Waals surface area contributed by atoms with Gasteiger partial charge in [0.05, 0.1) is 22.8 Å². The van der Waals surface area contributed by atoms with Crippen molar-refractivity contribution in [3.05, 3.63) is 38.3 Å². The van der Waals surface area contributed by atoms with Gasteiger partial charge in [-0.15, -0.1) is 11.3 Å². The molecule has 1 aliphatic rings. The first kappa shape index (κ1) is 13.8. The lowest BCUT2D eigenvalue weighted by Gasteiger charge is -2.21. The number of Topliss-reactive ketones (excluding diaryl/α,β-unsaturated/α-hetero) is 1. The number of carbonyl (C=O) groups is 1. The summed E-state index contributed by atoms with van der Waals surface area (Å²) >= 11 is 8.01. The van der Waals surface area contributed by atoms with Gasteiger partial charge < -0.3 is 0 Å². The van der Waals surface area contributed by atoms with Crippen LogP contribution in [0.3, 0.4) is 0 Å². The van der Waals surface area contributed by atoms with Gasteiger partial charge in [-0.05, 0) is 43.2 Å². The van der Waals surface area contributed by atoms with E-state index in [-0.39, 0.29) is 11.7 Å². The van der Waals surface area contributed by atoms with Crippen molar-refractivity contribution >= 4 is 28.7 Å². The Kier molecular flexibility index (Phi) is 3.69. The summed E-state index contributed by atoms with van der Waals surface area (Å²) in [7, 11) is 1.85. The Labute approximate surface area is 127 Å². The van der Waals surface area contributed by atoms with Gasteiger partial charge in [0, 0.05) is 17.8 Å². The molecule has 0 N–H and O–H groups in total. The number of hydrogen-bond acceptors (Lipinski definition) is 3. The van der Waals surface area contributed by atoms with Crippen molar-refractivity contribution in [2.75, 3.05) is 0 Å².